The molecule has 208 valence electrons. The van der Waals surface area contributed by atoms with Crippen LogP contribution in [0.4, 0.5) is 10.5 Å². The molecule has 0 aromatic heterocycles. The van der Waals surface area contributed by atoms with Crippen LogP contribution in [0.2, 0.25) is 0 Å². The molecule has 0 spiro atoms. The quantitative estimate of drug-likeness (QED) is 0.119. The number of nitro groups is 1. The van der Waals surface area contributed by atoms with E-state index in [9.17, 15) is 28.1 Å². The van der Waals surface area contributed by atoms with Gasteiger partial charge >= 0.3 is 10.1 Å². The zero-order chi connectivity index (χ0) is 29.0. The maximum absolute atomic E-state index is 12.9. The SMILES string of the molecule is COc1cc(/C=C2\SC(=O)N(CCOc3cccc(C)c3)C2=O)cc(Br)c1OS(=O)(=O)c1ccc([N+](=O)[O-])cc1. The van der Waals surface area contributed by atoms with Crippen molar-refractivity contribution in [1.82, 2.24) is 4.90 Å². The molecule has 0 saturated carbocycles. The van der Waals surface area contributed by atoms with Gasteiger partial charge in [0, 0.05) is 12.1 Å². The van der Waals surface area contributed by atoms with Crippen molar-refractivity contribution in [2.24, 2.45) is 0 Å². The average Bonchev–Trinajstić information content (AvgIpc) is 3.17. The molecular weight excluding hydrogens is 628 g/mol. The molecule has 3 aromatic rings. The Balaban J connectivity index is 1.50. The maximum atomic E-state index is 12.9. The van der Waals surface area contributed by atoms with E-state index in [1.807, 2.05) is 25.1 Å². The van der Waals surface area contributed by atoms with Gasteiger partial charge in [-0.3, -0.25) is 24.6 Å². The van der Waals surface area contributed by atoms with Crippen molar-refractivity contribution >= 4 is 60.7 Å². The summed E-state index contributed by atoms with van der Waals surface area (Å²) in [5, 5.41) is 10.4. The van der Waals surface area contributed by atoms with Crippen molar-refractivity contribution in [3.63, 3.8) is 0 Å². The first-order valence-corrected chi connectivity index (χ1v) is 14.5. The molecular formula is C26H21BrN2O9S2. The second kappa shape index (κ2) is 12.1. The molecule has 0 radical (unpaired) electrons. The first-order chi connectivity index (χ1) is 19.0. The number of carbonyl (C=O) groups is 2. The van der Waals surface area contributed by atoms with Gasteiger partial charge in [0.25, 0.3) is 16.8 Å². The highest BCUT2D eigenvalue weighted by Crippen LogP contribution is 2.40. The number of imide groups is 1. The Morgan fingerprint density at radius 1 is 1.10 bits per heavy atom. The van der Waals surface area contributed by atoms with E-state index in [4.69, 9.17) is 13.7 Å². The van der Waals surface area contributed by atoms with Gasteiger partial charge < -0.3 is 13.7 Å². The van der Waals surface area contributed by atoms with E-state index in [0.29, 0.717) is 11.3 Å². The fourth-order valence-corrected chi connectivity index (χ4v) is 6.07. The summed E-state index contributed by atoms with van der Waals surface area (Å²) in [5.74, 6) is 0.00710. The lowest BCUT2D eigenvalue weighted by atomic mass is 10.2. The van der Waals surface area contributed by atoms with Gasteiger partial charge in [0.05, 0.1) is 28.0 Å². The number of thioether (sulfide) groups is 1. The predicted molar refractivity (Wildman–Crippen MR) is 151 cm³/mol. The number of rotatable bonds is 10. The van der Waals surface area contributed by atoms with E-state index in [1.54, 1.807) is 6.07 Å². The van der Waals surface area contributed by atoms with Gasteiger partial charge in [-0.05, 0) is 88.2 Å². The van der Waals surface area contributed by atoms with Gasteiger partial charge in [0.2, 0.25) is 0 Å². The van der Waals surface area contributed by atoms with Gasteiger partial charge in [0.1, 0.15) is 17.3 Å². The maximum Gasteiger partial charge on any atom is 0.339 e. The van der Waals surface area contributed by atoms with Crippen LogP contribution in [-0.2, 0) is 14.9 Å². The third kappa shape index (κ3) is 6.63. The Labute approximate surface area is 242 Å². The zero-order valence-corrected chi connectivity index (χ0v) is 24.2. The number of aryl methyl sites for hydroxylation is 1. The normalized spacial score (nSPS) is 14.5. The highest BCUT2D eigenvalue weighted by atomic mass is 79.9. The Hall–Kier alpha value is -3.88. The highest BCUT2D eigenvalue weighted by Gasteiger charge is 2.35. The molecule has 1 aliphatic heterocycles. The summed E-state index contributed by atoms with van der Waals surface area (Å²) >= 11 is 4.04. The van der Waals surface area contributed by atoms with Crippen LogP contribution in [0.15, 0.2) is 74.9 Å². The van der Waals surface area contributed by atoms with Crippen molar-refractivity contribution in [2.45, 2.75) is 11.8 Å². The van der Waals surface area contributed by atoms with Gasteiger partial charge in [-0.25, -0.2) is 0 Å². The topological polar surface area (TPSA) is 142 Å². The summed E-state index contributed by atoms with van der Waals surface area (Å²) in [5.41, 5.74) is 1.18. The monoisotopic (exact) mass is 648 g/mol. The number of ether oxygens (including phenoxy) is 2. The van der Waals surface area contributed by atoms with Gasteiger partial charge in [-0.2, -0.15) is 8.42 Å². The molecule has 2 amide bonds. The third-order valence-corrected chi connectivity index (χ3v) is 8.26. The summed E-state index contributed by atoms with van der Waals surface area (Å²) < 4.78 is 42.0. The molecule has 0 bridgehead atoms. The molecule has 4 rings (SSSR count). The number of carbonyl (C=O) groups excluding carboxylic acids is 2. The zero-order valence-electron chi connectivity index (χ0n) is 21.0. The number of halogens is 1. The van der Waals surface area contributed by atoms with E-state index in [0.717, 1.165) is 46.5 Å². The molecule has 0 aliphatic carbocycles. The average molecular weight is 649 g/mol. The minimum Gasteiger partial charge on any atom is -0.493 e. The number of hydrogen-bond acceptors (Lipinski definition) is 10. The fraction of sp³-hybridized carbons (Fsp3) is 0.154. The van der Waals surface area contributed by atoms with Crippen LogP contribution in [-0.4, -0.2) is 49.6 Å². The van der Waals surface area contributed by atoms with Crippen molar-refractivity contribution in [2.75, 3.05) is 20.3 Å². The summed E-state index contributed by atoms with van der Waals surface area (Å²) in [6.07, 6.45) is 1.48. The first-order valence-electron chi connectivity index (χ1n) is 11.5. The highest BCUT2D eigenvalue weighted by molar-refractivity contribution is 9.10. The summed E-state index contributed by atoms with van der Waals surface area (Å²) in [7, 11) is -3.07. The molecule has 3 aromatic carbocycles. The minimum absolute atomic E-state index is 0.0249. The molecule has 0 N–H and O–H groups in total. The molecule has 14 heteroatoms. The number of benzene rings is 3. The molecule has 1 aliphatic rings. The minimum atomic E-state index is -4.37. The van der Waals surface area contributed by atoms with E-state index >= 15 is 0 Å². The van der Waals surface area contributed by atoms with Crippen molar-refractivity contribution in [3.05, 3.63) is 91.3 Å². The fourth-order valence-electron chi connectivity index (χ4n) is 3.60. The Morgan fingerprint density at radius 3 is 2.48 bits per heavy atom. The number of amides is 2. The molecule has 40 heavy (non-hydrogen) atoms. The van der Waals surface area contributed by atoms with Crippen molar-refractivity contribution in [3.8, 4) is 17.2 Å². The molecule has 11 nitrogen and oxygen atoms in total. The lowest BCUT2D eigenvalue weighted by Gasteiger charge is -2.14. The molecule has 0 atom stereocenters. The molecule has 1 heterocycles. The number of non-ortho nitro benzene ring substituents is 1. The van der Waals surface area contributed by atoms with Gasteiger partial charge in [0.15, 0.2) is 11.5 Å². The Morgan fingerprint density at radius 2 is 1.82 bits per heavy atom. The van der Waals surface area contributed by atoms with Crippen LogP contribution >= 0.6 is 27.7 Å². The second-order valence-electron chi connectivity index (χ2n) is 8.32. The van der Waals surface area contributed by atoms with Crippen molar-refractivity contribution in [1.29, 1.82) is 0 Å². The van der Waals surface area contributed by atoms with Crippen molar-refractivity contribution < 1.29 is 36.6 Å². The molecule has 1 fully saturated rings. The molecule has 0 unspecified atom stereocenters. The number of nitro benzene ring substituents is 1. The number of hydrogen-bond donors (Lipinski definition) is 0. The third-order valence-electron chi connectivity index (χ3n) is 5.53. The van der Waals surface area contributed by atoms with E-state index in [2.05, 4.69) is 15.9 Å². The van der Waals surface area contributed by atoms with Gasteiger partial charge in [-0.15, -0.1) is 0 Å². The summed E-state index contributed by atoms with van der Waals surface area (Å²) in [4.78, 5) is 36.6. The smallest absolute Gasteiger partial charge is 0.339 e. The van der Waals surface area contributed by atoms with E-state index < -0.39 is 26.2 Å². The summed E-state index contributed by atoms with van der Waals surface area (Å²) in [6.45, 7) is 2.12. The summed E-state index contributed by atoms with van der Waals surface area (Å²) in [6, 6.07) is 14.6. The Bertz CT molecular complexity index is 1620. The first kappa shape index (κ1) is 29.1. The van der Waals surface area contributed by atoms with Crippen LogP contribution in [0.5, 0.6) is 17.2 Å². The predicted octanol–water partition coefficient (Wildman–Crippen LogP) is 5.56. The standard InChI is InChI=1S/C26H21BrN2O9S2/c1-16-4-3-5-19(12-16)37-11-10-28-25(30)23(39-26(28)31)15-17-13-21(27)24(22(14-17)36-2)38-40(34,35)20-8-6-18(7-9-20)29(32)33/h3-9,12-15H,10-11H2,1-2H3/b23-15-. The van der Waals surface area contributed by atoms with Gasteiger partial charge in [-0.1, -0.05) is 12.1 Å². The van der Waals surface area contributed by atoms with Crippen LogP contribution in [0.25, 0.3) is 6.08 Å². The lowest BCUT2D eigenvalue weighted by Crippen LogP contribution is -2.32. The van der Waals surface area contributed by atoms with Crippen LogP contribution in [0.3, 0.4) is 0 Å². The van der Waals surface area contributed by atoms with E-state index in [-0.39, 0.29) is 44.6 Å². The van der Waals surface area contributed by atoms with Crippen LogP contribution in [0, 0.1) is 17.0 Å². The number of methoxy groups -OCH3 is 1. The van der Waals surface area contributed by atoms with Crippen LogP contribution < -0.4 is 13.7 Å². The largest absolute Gasteiger partial charge is 0.493 e. The number of nitrogens with zero attached hydrogens (tertiary/aromatic N) is 2. The van der Waals surface area contributed by atoms with Crippen LogP contribution in [0.1, 0.15) is 11.1 Å². The lowest BCUT2D eigenvalue weighted by molar-refractivity contribution is -0.384. The Kier molecular flexibility index (Phi) is 8.81. The van der Waals surface area contributed by atoms with E-state index in [1.165, 1.54) is 25.3 Å². The molecule has 1 saturated heterocycles. The second-order valence-corrected chi connectivity index (χ2v) is 11.7.